The molecule has 4 rings (SSSR count). The number of hydrogen-bond donors (Lipinski definition) is 0. The molecule has 1 aromatic carbocycles. The smallest absolute Gasteiger partial charge is 0.223 e. The summed E-state index contributed by atoms with van der Waals surface area (Å²) in [6, 6.07) is 8.25. The molecule has 1 aliphatic carbocycles. The Balaban J connectivity index is 1.62. The largest absolute Gasteiger partial charge is 0.335 e. The van der Waals surface area contributed by atoms with Gasteiger partial charge in [-0.1, -0.05) is 37.1 Å². The van der Waals surface area contributed by atoms with Gasteiger partial charge in [0.15, 0.2) is 0 Å². The van der Waals surface area contributed by atoms with Crippen LogP contribution in [0.3, 0.4) is 0 Å². The minimum atomic E-state index is -3.19. The summed E-state index contributed by atoms with van der Waals surface area (Å²) in [6.07, 6.45) is 6.77. The van der Waals surface area contributed by atoms with Crippen LogP contribution in [0.2, 0.25) is 0 Å². The van der Waals surface area contributed by atoms with Crippen LogP contribution < -0.4 is 0 Å². The first-order chi connectivity index (χ1) is 12.8. The highest BCUT2D eigenvalue weighted by Crippen LogP contribution is 2.47. The van der Waals surface area contributed by atoms with E-state index in [0.717, 1.165) is 0 Å². The van der Waals surface area contributed by atoms with E-state index in [4.69, 9.17) is 0 Å². The lowest BCUT2D eigenvalue weighted by Crippen LogP contribution is -2.37. The Bertz CT molecular complexity index is 816. The highest BCUT2D eigenvalue weighted by atomic mass is 32.2. The van der Waals surface area contributed by atoms with Crippen LogP contribution in [0.25, 0.3) is 0 Å². The molecule has 0 aromatic heterocycles. The minimum absolute atomic E-state index is 0.00291. The van der Waals surface area contributed by atoms with E-state index in [9.17, 15) is 13.2 Å². The van der Waals surface area contributed by atoms with Crippen molar-refractivity contribution < 1.29 is 13.2 Å². The Morgan fingerprint density at radius 2 is 1.81 bits per heavy atom. The van der Waals surface area contributed by atoms with E-state index in [1.54, 1.807) is 4.31 Å². The fraction of sp³-hybridized carbons (Fsp3) is 0.667. The van der Waals surface area contributed by atoms with Crippen molar-refractivity contribution in [1.29, 1.82) is 0 Å². The van der Waals surface area contributed by atoms with Crippen molar-refractivity contribution in [2.45, 2.75) is 45.1 Å². The van der Waals surface area contributed by atoms with Crippen molar-refractivity contribution in [1.82, 2.24) is 9.21 Å². The number of carbonyl (C=O) groups excluding carboxylic acids is 1. The maximum absolute atomic E-state index is 13.2. The van der Waals surface area contributed by atoms with Crippen LogP contribution in [0.15, 0.2) is 24.3 Å². The number of likely N-dealkylation sites (tertiary alicyclic amines) is 1. The molecule has 1 amide bonds. The van der Waals surface area contributed by atoms with Crippen LogP contribution in [0.5, 0.6) is 0 Å². The van der Waals surface area contributed by atoms with Crippen molar-refractivity contribution in [2.24, 2.45) is 17.8 Å². The predicted molar refractivity (Wildman–Crippen MR) is 106 cm³/mol. The van der Waals surface area contributed by atoms with E-state index in [2.05, 4.69) is 24.0 Å². The second-order valence-corrected chi connectivity index (χ2v) is 10.7. The number of hydrogen-bond acceptors (Lipinski definition) is 3. The van der Waals surface area contributed by atoms with E-state index in [1.807, 2.05) is 12.1 Å². The van der Waals surface area contributed by atoms with Gasteiger partial charge in [-0.2, -0.15) is 0 Å². The third-order valence-corrected chi connectivity index (χ3v) is 8.10. The normalized spacial score (nSPS) is 29.4. The number of nitrogens with zero attached hydrogens (tertiary/aromatic N) is 2. The predicted octanol–water partition coefficient (Wildman–Crippen LogP) is 2.97. The number of rotatable bonds is 4. The first-order valence-corrected chi connectivity index (χ1v) is 12.0. The first-order valence-electron chi connectivity index (χ1n) is 10.1. The Hall–Kier alpha value is -1.40. The molecule has 3 aliphatic rings. The van der Waals surface area contributed by atoms with Gasteiger partial charge in [-0.15, -0.1) is 0 Å². The van der Waals surface area contributed by atoms with Gasteiger partial charge in [-0.3, -0.25) is 4.79 Å². The summed E-state index contributed by atoms with van der Waals surface area (Å²) >= 11 is 0. The summed E-state index contributed by atoms with van der Waals surface area (Å²) in [5, 5.41) is 0. The molecule has 1 saturated carbocycles. The summed E-state index contributed by atoms with van der Waals surface area (Å²) in [4.78, 5) is 15.3. The van der Waals surface area contributed by atoms with Gasteiger partial charge in [0.25, 0.3) is 0 Å². The van der Waals surface area contributed by atoms with Gasteiger partial charge in [0.2, 0.25) is 15.9 Å². The number of amides is 1. The summed E-state index contributed by atoms with van der Waals surface area (Å²) in [6.45, 7) is 3.83. The van der Waals surface area contributed by atoms with Gasteiger partial charge >= 0.3 is 0 Å². The molecule has 0 spiro atoms. The van der Waals surface area contributed by atoms with Crippen LogP contribution in [-0.4, -0.2) is 49.4 Å². The Morgan fingerprint density at radius 3 is 2.48 bits per heavy atom. The van der Waals surface area contributed by atoms with E-state index in [-0.39, 0.29) is 23.8 Å². The fourth-order valence-electron chi connectivity index (χ4n) is 5.43. The molecule has 3 atom stereocenters. The summed E-state index contributed by atoms with van der Waals surface area (Å²) in [5.41, 5.74) is 2.36. The van der Waals surface area contributed by atoms with Gasteiger partial charge in [-0.25, -0.2) is 12.7 Å². The summed E-state index contributed by atoms with van der Waals surface area (Å²) in [7, 11) is -3.19. The monoisotopic (exact) mass is 390 g/mol. The average Bonchev–Trinajstić information content (AvgIpc) is 3.30. The van der Waals surface area contributed by atoms with E-state index < -0.39 is 10.0 Å². The molecule has 2 saturated heterocycles. The second-order valence-electron chi connectivity index (χ2n) is 8.71. The van der Waals surface area contributed by atoms with E-state index in [1.165, 1.54) is 43.1 Å². The fourth-order valence-corrected chi connectivity index (χ4v) is 6.33. The number of fused-ring (bicyclic) bond motifs is 1. The molecule has 0 bridgehead atoms. The van der Waals surface area contributed by atoms with Crippen molar-refractivity contribution in [2.75, 3.05) is 25.9 Å². The van der Waals surface area contributed by atoms with Crippen LogP contribution in [-0.2, 0) is 14.8 Å². The van der Waals surface area contributed by atoms with Gasteiger partial charge in [-0.05, 0) is 42.7 Å². The lowest BCUT2D eigenvalue weighted by Gasteiger charge is -2.31. The third kappa shape index (κ3) is 3.66. The molecule has 148 valence electrons. The Labute approximate surface area is 162 Å². The van der Waals surface area contributed by atoms with Crippen molar-refractivity contribution >= 4 is 15.9 Å². The molecule has 0 unspecified atom stereocenters. The lowest BCUT2D eigenvalue weighted by molar-refractivity contribution is -0.133. The molecule has 6 heteroatoms. The van der Waals surface area contributed by atoms with Crippen LogP contribution >= 0.6 is 0 Å². The summed E-state index contributed by atoms with van der Waals surface area (Å²) < 4.78 is 25.7. The highest BCUT2D eigenvalue weighted by molar-refractivity contribution is 7.88. The zero-order valence-electron chi connectivity index (χ0n) is 16.3. The topological polar surface area (TPSA) is 57.7 Å². The Morgan fingerprint density at radius 1 is 1.11 bits per heavy atom. The molecular formula is C21H30N2O3S. The van der Waals surface area contributed by atoms with Crippen LogP contribution in [0.1, 0.15) is 49.3 Å². The average molecular weight is 391 g/mol. The molecular weight excluding hydrogens is 360 g/mol. The highest BCUT2D eigenvalue weighted by Gasteiger charge is 2.51. The van der Waals surface area contributed by atoms with Gasteiger partial charge in [0, 0.05) is 32.0 Å². The molecule has 1 aromatic rings. The zero-order valence-corrected chi connectivity index (χ0v) is 17.1. The standard InChI is InChI=1S/C21H30N2O3S/c1-15-7-3-6-10-18(15)21-19-14-22(27(2,25)26)12-17(19)13-23(21)20(24)11-16-8-4-5-9-16/h3,6-7,10,16-17,19,21H,4-5,8-9,11-14H2,1-2H3/t17-,19-,21+/m0/s1. The van der Waals surface area contributed by atoms with Gasteiger partial charge < -0.3 is 4.90 Å². The molecule has 5 nitrogen and oxygen atoms in total. The maximum atomic E-state index is 13.2. The quantitative estimate of drug-likeness (QED) is 0.794. The third-order valence-electron chi connectivity index (χ3n) is 6.87. The van der Waals surface area contributed by atoms with Crippen molar-refractivity contribution in [3.05, 3.63) is 35.4 Å². The number of aryl methyl sites for hydroxylation is 1. The summed E-state index contributed by atoms with van der Waals surface area (Å²) in [5.74, 6) is 1.21. The molecule has 2 aliphatic heterocycles. The second kappa shape index (κ2) is 7.21. The Kier molecular flexibility index (Phi) is 5.06. The SMILES string of the molecule is Cc1ccccc1[C@@H]1[C@H]2CN(S(C)(=O)=O)C[C@H]2CN1C(=O)CC1CCCC1. The van der Waals surface area contributed by atoms with Crippen molar-refractivity contribution in [3.8, 4) is 0 Å². The van der Waals surface area contributed by atoms with Crippen LogP contribution in [0.4, 0.5) is 0 Å². The lowest BCUT2D eigenvalue weighted by atomic mass is 9.87. The molecule has 2 heterocycles. The van der Waals surface area contributed by atoms with E-state index in [0.29, 0.717) is 32.0 Å². The molecule has 3 fully saturated rings. The van der Waals surface area contributed by atoms with Crippen molar-refractivity contribution in [3.63, 3.8) is 0 Å². The number of benzene rings is 1. The maximum Gasteiger partial charge on any atom is 0.223 e. The molecule has 27 heavy (non-hydrogen) atoms. The molecule has 0 N–H and O–H groups in total. The number of carbonyl (C=O) groups is 1. The minimum Gasteiger partial charge on any atom is -0.335 e. The zero-order chi connectivity index (χ0) is 19.2. The van der Waals surface area contributed by atoms with Crippen LogP contribution in [0, 0.1) is 24.7 Å². The van der Waals surface area contributed by atoms with Gasteiger partial charge in [0.1, 0.15) is 0 Å². The molecule has 0 radical (unpaired) electrons. The van der Waals surface area contributed by atoms with E-state index >= 15 is 0 Å². The first kappa shape index (κ1) is 18.9. The van der Waals surface area contributed by atoms with Gasteiger partial charge in [0.05, 0.1) is 12.3 Å². The number of sulfonamides is 1.